The third-order valence-electron chi connectivity index (χ3n) is 3.77. The first-order chi connectivity index (χ1) is 6.86. The molecule has 90 valence electrons. The van der Waals surface area contributed by atoms with E-state index in [-0.39, 0.29) is 5.92 Å². The lowest BCUT2D eigenvalue weighted by Crippen LogP contribution is -2.47. The Bertz CT molecular complexity index is 202. The van der Waals surface area contributed by atoms with Gasteiger partial charge in [-0.1, -0.05) is 20.3 Å². The van der Waals surface area contributed by atoms with Gasteiger partial charge in [-0.15, -0.1) is 0 Å². The lowest BCUT2D eigenvalue weighted by atomic mass is 9.73. The molecule has 0 radical (unpaired) electrons. The minimum absolute atomic E-state index is 0.249. The Hall–Kier alpha value is -0.250. The van der Waals surface area contributed by atoms with E-state index >= 15 is 0 Å². The molecule has 0 aromatic heterocycles. The molecule has 1 nitrogen and oxygen atoms in total. The molecule has 1 fully saturated rings. The van der Waals surface area contributed by atoms with Crippen molar-refractivity contribution in [2.45, 2.75) is 45.3 Å². The summed E-state index contributed by atoms with van der Waals surface area (Å²) >= 11 is 0. The fourth-order valence-electron chi connectivity index (χ4n) is 2.56. The molecule has 1 aliphatic rings. The highest BCUT2D eigenvalue weighted by Crippen LogP contribution is 2.39. The topological polar surface area (TPSA) is 12.0 Å². The van der Waals surface area contributed by atoms with E-state index in [2.05, 4.69) is 19.2 Å². The molecule has 0 aliphatic heterocycles. The molecule has 0 aromatic rings. The van der Waals surface area contributed by atoms with Crippen LogP contribution in [0.15, 0.2) is 0 Å². The van der Waals surface area contributed by atoms with Gasteiger partial charge in [0.1, 0.15) is 6.04 Å². The zero-order valence-corrected chi connectivity index (χ0v) is 9.56. The van der Waals surface area contributed by atoms with E-state index in [1.807, 2.05) is 0 Å². The van der Waals surface area contributed by atoms with E-state index < -0.39 is 12.2 Å². The number of halogens is 3. The quantitative estimate of drug-likeness (QED) is 0.758. The normalized spacial score (nSPS) is 35.2. The largest absolute Gasteiger partial charge is 0.404 e. The molecule has 0 amide bonds. The second-order valence-corrected chi connectivity index (χ2v) is 4.84. The van der Waals surface area contributed by atoms with Gasteiger partial charge in [0.05, 0.1) is 0 Å². The molecule has 1 aliphatic carbocycles. The zero-order chi connectivity index (χ0) is 11.6. The van der Waals surface area contributed by atoms with Gasteiger partial charge in [-0.3, -0.25) is 0 Å². The standard InChI is InChI=1S/C11H20F3N/c1-7-4-5-9(6-8(7)2)10(15-3)11(12,13)14/h7-10,15H,4-6H2,1-3H3. The van der Waals surface area contributed by atoms with E-state index in [0.29, 0.717) is 24.7 Å². The summed E-state index contributed by atoms with van der Waals surface area (Å²) in [6.07, 6.45) is -1.82. The van der Waals surface area contributed by atoms with Crippen LogP contribution in [0, 0.1) is 17.8 Å². The van der Waals surface area contributed by atoms with Gasteiger partial charge in [-0.25, -0.2) is 0 Å². The average molecular weight is 223 g/mol. The molecule has 0 saturated heterocycles. The highest BCUT2D eigenvalue weighted by atomic mass is 19.4. The zero-order valence-electron chi connectivity index (χ0n) is 9.56. The Balaban J connectivity index is 2.63. The van der Waals surface area contributed by atoms with Crippen molar-refractivity contribution in [3.8, 4) is 0 Å². The molecular weight excluding hydrogens is 203 g/mol. The second kappa shape index (κ2) is 4.73. The summed E-state index contributed by atoms with van der Waals surface area (Å²) in [5, 5.41) is 2.42. The van der Waals surface area contributed by atoms with Gasteiger partial charge in [-0.2, -0.15) is 13.2 Å². The Morgan fingerprint density at radius 3 is 2.13 bits per heavy atom. The first-order valence-corrected chi connectivity index (χ1v) is 5.60. The summed E-state index contributed by atoms with van der Waals surface area (Å²) < 4.78 is 38.0. The third kappa shape index (κ3) is 3.10. The highest BCUT2D eigenvalue weighted by Gasteiger charge is 2.45. The van der Waals surface area contributed by atoms with Gasteiger partial charge >= 0.3 is 6.18 Å². The summed E-state index contributed by atoms with van der Waals surface area (Å²) in [5.74, 6) is 0.718. The molecule has 1 N–H and O–H groups in total. The van der Waals surface area contributed by atoms with Crippen LogP contribution in [0.25, 0.3) is 0 Å². The smallest absolute Gasteiger partial charge is 0.309 e. The fourth-order valence-corrected chi connectivity index (χ4v) is 2.56. The Morgan fingerprint density at radius 2 is 1.73 bits per heavy atom. The predicted molar refractivity (Wildman–Crippen MR) is 54.6 cm³/mol. The van der Waals surface area contributed by atoms with Gasteiger partial charge in [0.25, 0.3) is 0 Å². The summed E-state index contributed by atoms with van der Waals surface area (Å²) in [7, 11) is 1.40. The van der Waals surface area contributed by atoms with Crippen molar-refractivity contribution in [3.05, 3.63) is 0 Å². The summed E-state index contributed by atoms with van der Waals surface area (Å²) in [5.41, 5.74) is 0. The molecule has 1 rings (SSSR count). The molecule has 0 aromatic carbocycles. The van der Waals surface area contributed by atoms with Crippen LogP contribution in [-0.2, 0) is 0 Å². The number of rotatable bonds is 2. The molecule has 4 unspecified atom stereocenters. The monoisotopic (exact) mass is 223 g/mol. The SMILES string of the molecule is CNC(C1CCC(C)C(C)C1)C(F)(F)F. The maximum Gasteiger partial charge on any atom is 0.404 e. The van der Waals surface area contributed by atoms with Gasteiger partial charge in [0.2, 0.25) is 0 Å². The molecule has 4 heteroatoms. The summed E-state index contributed by atoms with van der Waals surface area (Å²) in [4.78, 5) is 0. The number of hydrogen-bond acceptors (Lipinski definition) is 1. The van der Waals surface area contributed by atoms with E-state index in [4.69, 9.17) is 0 Å². The molecule has 1 saturated carbocycles. The molecule has 15 heavy (non-hydrogen) atoms. The van der Waals surface area contributed by atoms with Crippen molar-refractivity contribution in [1.29, 1.82) is 0 Å². The van der Waals surface area contributed by atoms with Crippen LogP contribution in [0.5, 0.6) is 0 Å². The van der Waals surface area contributed by atoms with Crippen LogP contribution >= 0.6 is 0 Å². The van der Waals surface area contributed by atoms with Gasteiger partial charge in [-0.05, 0) is 37.6 Å². The predicted octanol–water partition coefficient (Wildman–Crippen LogP) is 3.21. The van der Waals surface area contributed by atoms with E-state index in [9.17, 15) is 13.2 Å². The van der Waals surface area contributed by atoms with Crippen molar-refractivity contribution in [1.82, 2.24) is 5.32 Å². The highest BCUT2D eigenvalue weighted by molar-refractivity contribution is 4.87. The van der Waals surface area contributed by atoms with Crippen LogP contribution in [0.1, 0.15) is 33.1 Å². The van der Waals surface area contributed by atoms with Crippen molar-refractivity contribution >= 4 is 0 Å². The van der Waals surface area contributed by atoms with Crippen LogP contribution in [0.4, 0.5) is 13.2 Å². The van der Waals surface area contributed by atoms with Gasteiger partial charge in [0, 0.05) is 0 Å². The maximum absolute atomic E-state index is 12.7. The van der Waals surface area contributed by atoms with Crippen LogP contribution < -0.4 is 5.32 Å². The number of hydrogen-bond donors (Lipinski definition) is 1. The van der Waals surface area contributed by atoms with E-state index in [1.54, 1.807) is 0 Å². The van der Waals surface area contributed by atoms with Crippen molar-refractivity contribution in [2.75, 3.05) is 7.05 Å². The summed E-state index contributed by atoms with van der Waals surface area (Å²) in [6, 6.07) is -1.33. The van der Waals surface area contributed by atoms with Crippen LogP contribution in [0.3, 0.4) is 0 Å². The third-order valence-corrected chi connectivity index (χ3v) is 3.77. The minimum atomic E-state index is -4.11. The molecule has 0 heterocycles. The van der Waals surface area contributed by atoms with E-state index in [1.165, 1.54) is 7.05 Å². The number of alkyl halides is 3. The van der Waals surface area contributed by atoms with Crippen molar-refractivity contribution in [3.63, 3.8) is 0 Å². The minimum Gasteiger partial charge on any atom is -0.309 e. The molecule has 0 bridgehead atoms. The Labute approximate surface area is 89.4 Å². The second-order valence-electron chi connectivity index (χ2n) is 4.84. The first-order valence-electron chi connectivity index (χ1n) is 5.60. The first kappa shape index (κ1) is 12.8. The lowest BCUT2D eigenvalue weighted by molar-refractivity contribution is -0.171. The van der Waals surface area contributed by atoms with Crippen LogP contribution in [-0.4, -0.2) is 19.3 Å². The Morgan fingerprint density at radius 1 is 1.13 bits per heavy atom. The van der Waals surface area contributed by atoms with Crippen LogP contribution in [0.2, 0.25) is 0 Å². The van der Waals surface area contributed by atoms with Gasteiger partial charge < -0.3 is 5.32 Å². The van der Waals surface area contributed by atoms with Crippen molar-refractivity contribution < 1.29 is 13.2 Å². The van der Waals surface area contributed by atoms with E-state index in [0.717, 1.165) is 6.42 Å². The molecule has 0 spiro atoms. The fraction of sp³-hybridized carbons (Fsp3) is 1.00. The lowest BCUT2D eigenvalue weighted by Gasteiger charge is -2.37. The average Bonchev–Trinajstić information content (AvgIpc) is 2.10. The van der Waals surface area contributed by atoms with Crippen molar-refractivity contribution in [2.24, 2.45) is 17.8 Å². The maximum atomic E-state index is 12.7. The molecular formula is C11H20F3N. The van der Waals surface area contributed by atoms with Gasteiger partial charge in [0.15, 0.2) is 0 Å². The summed E-state index contributed by atoms with van der Waals surface area (Å²) in [6.45, 7) is 4.18. The molecule has 4 atom stereocenters. The Kier molecular flexibility index (Phi) is 4.04. The number of nitrogens with one attached hydrogen (secondary N) is 1.